The monoisotopic (exact) mass is 409 g/mol. The Morgan fingerprint density at radius 2 is 2.00 bits per heavy atom. The molecule has 158 valence electrons. The summed E-state index contributed by atoms with van der Waals surface area (Å²) in [6, 6.07) is 6.57. The highest BCUT2D eigenvalue weighted by Crippen LogP contribution is 2.31. The first-order valence-corrected chi connectivity index (χ1v) is 10.0. The van der Waals surface area contributed by atoms with Crippen LogP contribution in [0.15, 0.2) is 24.4 Å². The van der Waals surface area contributed by atoms with Crippen LogP contribution in [-0.2, 0) is 7.05 Å². The van der Waals surface area contributed by atoms with Crippen LogP contribution in [0.4, 0.5) is 11.5 Å². The zero-order valence-electron chi connectivity index (χ0n) is 17.9. The lowest BCUT2D eigenvalue weighted by Crippen LogP contribution is -2.54. The summed E-state index contributed by atoms with van der Waals surface area (Å²) in [5.41, 5.74) is 2.87. The average Bonchev–Trinajstić information content (AvgIpc) is 3.02. The van der Waals surface area contributed by atoms with Gasteiger partial charge in [-0.15, -0.1) is 0 Å². The highest BCUT2D eigenvalue weighted by molar-refractivity contribution is 6.13. The van der Waals surface area contributed by atoms with E-state index in [1.165, 1.54) is 7.11 Å². The molecule has 0 spiro atoms. The van der Waals surface area contributed by atoms with E-state index in [9.17, 15) is 4.79 Å². The van der Waals surface area contributed by atoms with Crippen molar-refractivity contribution in [1.82, 2.24) is 25.1 Å². The van der Waals surface area contributed by atoms with Crippen LogP contribution >= 0.6 is 0 Å². The molecule has 0 aliphatic carbocycles. The van der Waals surface area contributed by atoms with Gasteiger partial charge in [0.25, 0.3) is 5.91 Å². The molecule has 1 fully saturated rings. The van der Waals surface area contributed by atoms with E-state index in [1.54, 1.807) is 17.9 Å². The van der Waals surface area contributed by atoms with Crippen LogP contribution < -0.4 is 20.3 Å². The van der Waals surface area contributed by atoms with Crippen molar-refractivity contribution in [3.05, 3.63) is 35.7 Å². The maximum Gasteiger partial charge on any atom is 0.316 e. The zero-order chi connectivity index (χ0) is 21.4. The minimum absolute atomic E-state index is 0.229. The van der Waals surface area contributed by atoms with E-state index in [1.807, 2.05) is 25.1 Å². The quantitative estimate of drug-likeness (QED) is 0.681. The van der Waals surface area contributed by atoms with Crippen molar-refractivity contribution >= 4 is 28.3 Å². The van der Waals surface area contributed by atoms with E-state index < -0.39 is 0 Å². The van der Waals surface area contributed by atoms with Gasteiger partial charge in [0.15, 0.2) is 0 Å². The van der Waals surface area contributed by atoms with Gasteiger partial charge in [-0.1, -0.05) is 0 Å². The molecule has 9 heteroatoms. The number of benzene rings is 1. The number of anilines is 2. The molecule has 0 bridgehead atoms. The Hall–Kier alpha value is -3.20. The number of carbonyl (C=O) groups is 1. The minimum Gasteiger partial charge on any atom is -0.467 e. The topological polar surface area (TPSA) is 97.2 Å². The molecule has 1 saturated heterocycles. The third-order valence-corrected chi connectivity index (χ3v) is 5.27. The molecule has 1 aliphatic heterocycles. The largest absolute Gasteiger partial charge is 0.467 e. The van der Waals surface area contributed by atoms with Crippen molar-refractivity contribution in [1.29, 1.82) is 0 Å². The van der Waals surface area contributed by atoms with Gasteiger partial charge < -0.3 is 20.3 Å². The van der Waals surface area contributed by atoms with E-state index in [0.29, 0.717) is 29.0 Å². The number of aromatic nitrogens is 4. The Balaban J connectivity index is 1.77. The number of methoxy groups -OCH3 is 1. The maximum atomic E-state index is 13.1. The van der Waals surface area contributed by atoms with E-state index in [2.05, 4.69) is 44.4 Å². The summed E-state index contributed by atoms with van der Waals surface area (Å²) < 4.78 is 6.87. The van der Waals surface area contributed by atoms with E-state index in [-0.39, 0.29) is 11.9 Å². The molecule has 0 radical (unpaired) electrons. The fraction of sp³-hybridized carbons (Fsp3) is 0.429. The van der Waals surface area contributed by atoms with E-state index >= 15 is 0 Å². The first-order chi connectivity index (χ1) is 14.4. The second kappa shape index (κ2) is 7.91. The smallest absolute Gasteiger partial charge is 0.316 e. The van der Waals surface area contributed by atoms with Gasteiger partial charge in [0.05, 0.1) is 23.9 Å². The van der Waals surface area contributed by atoms with Gasteiger partial charge >= 0.3 is 6.01 Å². The number of hydrogen-bond donors (Lipinski definition) is 2. The number of nitrogens with zero attached hydrogens (tertiary/aromatic N) is 5. The summed E-state index contributed by atoms with van der Waals surface area (Å²) >= 11 is 0. The number of amides is 1. The number of hydrogen-bond acceptors (Lipinski definition) is 7. The molecule has 2 N–H and O–H groups in total. The number of fused-ring (bicyclic) bond motifs is 1. The van der Waals surface area contributed by atoms with Gasteiger partial charge in [-0.25, -0.2) is 4.98 Å². The zero-order valence-corrected chi connectivity index (χ0v) is 17.9. The Labute approximate surface area is 175 Å². The van der Waals surface area contributed by atoms with Crippen LogP contribution in [0.5, 0.6) is 6.01 Å². The molecule has 3 heterocycles. The van der Waals surface area contributed by atoms with E-state index in [4.69, 9.17) is 4.74 Å². The summed E-state index contributed by atoms with van der Waals surface area (Å²) in [5.74, 6) is 0.373. The SMILES string of the molecule is COc1ncc2c(N3CC(C)NC(C)C3)ccc(C(=O)Nc3cc(C)nn3C)c2n1. The second-order valence-corrected chi connectivity index (χ2v) is 7.87. The summed E-state index contributed by atoms with van der Waals surface area (Å²) in [4.78, 5) is 24.2. The van der Waals surface area contributed by atoms with Crippen LogP contribution in [0.1, 0.15) is 29.9 Å². The molecule has 9 nitrogen and oxygen atoms in total. The van der Waals surface area contributed by atoms with Gasteiger partial charge in [-0.3, -0.25) is 9.48 Å². The Morgan fingerprint density at radius 3 is 2.63 bits per heavy atom. The molecule has 1 amide bonds. The third kappa shape index (κ3) is 3.80. The molecule has 2 atom stereocenters. The molecule has 2 unspecified atom stereocenters. The van der Waals surface area contributed by atoms with Crippen LogP contribution in [0.25, 0.3) is 10.9 Å². The lowest BCUT2D eigenvalue weighted by Gasteiger charge is -2.38. The van der Waals surface area contributed by atoms with Gasteiger partial charge in [0, 0.05) is 55.6 Å². The molecule has 30 heavy (non-hydrogen) atoms. The van der Waals surface area contributed by atoms with E-state index in [0.717, 1.165) is 29.9 Å². The highest BCUT2D eigenvalue weighted by Gasteiger charge is 2.24. The number of aryl methyl sites for hydroxylation is 2. The van der Waals surface area contributed by atoms with Gasteiger partial charge in [0.1, 0.15) is 5.82 Å². The van der Waals surface area contributed by atoms with Crippen molar-refractivity contribution in [2.75, 3.05) is 30.4 Å². The number of piperazine rings is 1. The molecule has 0 saturated carbocycles. The Kier molecular flexibility index (Phi) is 5.29. The van der Waals surface area contributed by atoms with Crippen LogP contribution in [0, 0.1) is 6.92 Å². The average molecular weight is 409 g/mol. The van der Waals surface area contributed by atoms with Crippen molar-refractivity contribution in [2.24, 2.45) is 7.05 Å². The molecular formula is C21H27N7O2. The van der Waals surface area contributed by atoms with Gasteiger partial charge in [-0.05, 0) is 32.9 Å². The first-order valence-electron chi connectivity index (χ1n) is 10.0. The molecular weight excluding hydrogens is 382 g/mol. The number of nitrogens with one attached hydrogen (secondary N) is 2. The predicted molar refractivity (Wildman–Crippen MR) is 116 cm³/mol. The standard InChI is InChI=1S/C21H27N7O2/c1-12-8-18(27(4)26-12)24-20(29)15-6-7-17(28-10-13(2)23-14(3)11-28)16-9-22-21(30-5)25-19(15)16/h6-9,13-14,23H,10-11H2,1-5H3,(H,24,29). The molecule has 3 aromatic rings. The molecule has 4 rings (SSSR count). The maximum absolute atomic E-state index is 13.1. The molecule has 1 aliphatic rings. The van der Waals surface area contributed by atoms with Crippen LogP contribution in [0.3, 0.4) is 0 Å². The summed E-state index contributed by atoms with van der Waals surface area (Å²) in [5, 5.41) is 11.6. The Bertz CT molecular complexity index is 1080. The van der Waals surface area contributed by atoms with Crippen LogP contribution in [0.2, 0.25) is 0 Å². The predicted octanol–water partition coefficient (Wildman–Crippen LogP) is 2.12. The van der Waals surface area contributed by atoms with Crippen molar-refractivity contribution in [2.45, 2.75) is 32.9 Å². The van der Waals surface area contributed by atoms with Crippen LogP contribution in [-0.4, -0.2) is 57.9 Å². The minimum atomic E-state index is -0.252. The lowest BCUT2D eigenvalue weighted by atomic mass is 10.0. The summed E-state index contributed by atoms with van der Waals surface area (Å²) in [6.07, 6.45) is 1.73. The highest BCUT2D eigenvalue weighted by atomic mass is 16.5. The lowest BCUT2D eigenvalue weighted by molar-refractivity contribution is 0.102. The molecule has 1 aromatic carbocycles. The van der Waals surface area contributed by atoms with Gasteiger partial charge in [-0.2, -0.15) is 10.1 Å². The first kappa shape index (κ1) is 20.1. The number of carbonyl (C=O) groups excluding carboxylic acids is 1. The van der Waals surface area contributed by atoms with Crippen molar-refractivity contribution in [3.8, 4) is 6.01 Å². The summed E-state index contributed by atoms with van der Waals surface area (Å²) in [6.45, 7) is 7.95. The fourth-order valence-electron chi connectivity index (χ4n) is 4.08. The summed E-state index contributed by atoms with van der Waals surface area (Å²) in [7, 11) is 3.31. The normalized spacial score (nSPS) is 19.2. The molecule has 2 aromatic heterocycles. The second-order valence-electron chi connectivity index (χ2n) is 7.87. The fourth-order valence-corrected chi connectivity index (χ4v) is 4.08. The van der Waals surface area contributed by atoms with Gasteiger partial charge in [0.2, 0.25) is 0 Å². The number of ether oxygens (including phenoxy) is 1. The van der Waals surface area contributed by atoms with Crippen molar-refractivity contribution < 1.29 is 9.53 Å². The van der Waals surface area contributed by atoms with Crippen molar-refractivity contribution in [3.63, 3.8) is 0 Å². The third-order valence-electron chi connectivity index (χ3n) is 5.27. The number of rotatable bonds is 4. The Morgan fingerprint density at radius 1 is 1.27 bits per heavy atom.